The Labute approximate surface area is 386 Å². The number of hydrogen-bond donors (Lipinski definition) is 0. The summed E-state index contributed by atoms with van der Waals surface area (Å²) >= 11 is 0. The van der Waals surface area contributed by atoms with Gasteiger partial charge in [-0.3, -0.25) is 0 Å². The van der Waals surface area contributed by atoms with Crippen molar-refractivity contribution in [2.24, 2.45) is 0 Å². The first-order chi connectivity index (χ1) is 32.3. The highest BCUT2D eigenvalue weighted by Crippen LogP contribution is 2.55. The standard InChI is InChI=1S/C64H47NO/c1-63(2)55-29-11-8-23-52(55)59-50(26-15-30-56(59)63)49-22-9-12-31-57(49)65(43-36-33-41(34-37-43)46-25-14-27-51-48-21-7-10-28-54(48)64(3,4)61(46)51)44-19-13-18-42(39-44)45-24-16-32-58-60(45)53-38-35-40-17-5-6-20-47(40)62(53)66-58/h5-39H,1-4H3. The van der Waals surface area contributed by atoms with Crippen LogP contribution in [0.4, 0.5) is 17.1 Å². The zero-order valence-corrected chi connectivity index (χ0v) is 37.6. The van der Waals surface area contributed by atoms with E-state index in [-0.39, 0.29) is 10.8 Å². The van der Waals surface area contributed by atoms with Gasteiger partial charge >= 0.3 is 0 Å². The predicted molar refractivity (Wildman–Crippen MR) is 277 cm³/mol. The van der Waals surface area contributed by atoms with Crippen LogP contribution >= 0.6 is 0 Å². The van der Waals surface area contributed by atoms with Gasteiger partial charge < -0.3 is 9.32 Å². The highest BCUT2D eigenvalue weighted by atomic mass is 16.3. The van der Waals surface area contributed by atoms with E-state index in [9.17, 15) is 0 Å². The Bertz CT molecular complexity index is 3770. The Kier molecular flexibility index (Phi) is 8.33. The molecule has 0 bridgehead atoms. The average Bonchev–Trinajstić information content (AvgIpc) is 3.95. The first-order valence-electron chi connectivity index (χ1n) is 23.2. The minimum atomic E-state index is -0.119. The van der Waals surface area contributed by atoms with Crippen molar-refractivity contribution < 1.29 is 4.42 Å². The Hall–Kier alpha value is -7.94. The highest BCUT2D eigenvalue weighted by Gasteiger charge is 2.38. The third-order valence-electron chi connectivity index (χ3n) is 14.9. The number of para-hydroxylation sites is 1. The van der Waals surface area contributed by atoms with Crippen molar-refractivity contribution >= 4 is 49.8 Å². The summed E-state index contributed by atoms with van der Waals surface area (Å²) in [6.45, 7) is 9.47. The molecule has 2 aliphatic carbocycles. The quantitative estimate of drug-likeness (QED) is 0.166. The second kappa shape index (κ2) is 14.3. The van der Waals surface area contributed by atoms with Gasteiger partial charge in [0.2, 0.25) is 0 Å². The topological polar surface area (TPSA) is 16.4 Å². The molecule has 10 aromatic carbocycles. The van der Waals surface area contributed by atoms with Gasteiger partial charge in [-0.15, -0.1) is 0 Å². The van der Waals surface area contributed by atoms with Gasteiger partial charge in [-0.25, -0.2) is 0 Å². The minimum Gasteiger partial charge on any atom is -0.455 e. The molecular formula is C64H47NO. The average molecular weight is 846 g/mol. The van der Waals surface area contributed by atoms with Crippen LogP contribution in [0.25, 0.3) is 88.3 Å². The van der Waals surface area contributed by atoms with E-state index in [1.54, 1.807) is 0 Å². The summed E-state index contributed by atoms with van der Waals surface area (Å²) in [7, 11) is 0. The summed E-state index contributed by atoms with van der Waals surface area (Å²) in [6.07, 6.45) is 0. The maximum atomic E-state index is 6.68. The van der Waals surface area contributed by atoms with Crippen LogP contribution in [0.15, 0.2) is 217 Å². The molecule has 0 saturated carbocycles. The van der Waals surface area contributed by atoms with Crippen LogP contribution in [-0.4, -0.2) is 0 Å². The molecule has 2 nitrogen and oxygen atoms in total. The molecule has 11 aromatic rings. The largest absolute Gasteiger partial charge is 0.455 e. The zero-order chi connectivity index (χ0) is 44.3. The van der Waals surface area contributed by atoms with E-state index in [0.29, 0.717) is 0 Å². The van der Waals surface area contributed by atoms with Gasteiger partial charge in [0.1, 0.15) is 11.2 Å². The van der Waals surface area contributed by atoms with E-state index < -0.39 is 0 Å². The summed E-state index contributed by atoms with van der Waals surface area (Å²) in [5, 5.41) is 4.56. The molecule has 0 radical (unpaired) electrons. The normalized spacial score (nSPS) is 14.0. The molecule has 0 spiro atoms. The molecule has 0 atom stereocenters. The van der Waals surface area contributed by atoms with Crippen molar-refractivity contribution in [3.63, 3.8) is 0 Å². The van der Waals surface area contributed by atoms with Crippen LogP contribution in [0.3, 0.4) is 0 Å². The first-order valence-corrected chi connectivity index (χ1v) is 23.2. The van der Waals surface area contributed by atoms with Crippen LogP contribution in [0.5, 0.6) is 0 Å². The van der Waals surface area contributed by atoms with Gasteiger partial charge in [0, 0.05) is 43.9 Å². The molecule has 0 aliphatic heterocycles. The summed E-state index contributed by atoms with van der Waals surface area (Å²) in [4.78, 5) is 2.46. The van der Waals surface area contributed by atoms with Crippen molar-refractivity contribution in [3.05, 3.63) is 235 Å². The third-order valence-corrected chi connectivity index (χ3v) is 14.9. The third kappa shape index (κ3) is 5.55. The van der Waals surface area contributed by atoms with Gasteiger partial charge in [-0.1, -0.05) is 198 Å². The van der Waals surface area contributed by atoms with E-state index in [0.717, 1.165) is 55.5 Å². The summed E-state index contributed by atoms with van der Waals surface area (Å²) in [5.74, 6) is 0. The van der Waals surface area contributed by atoms with Crippen LogP contribution in [0, 0.1) is 0 Å². The molecule has 0 fully saturated rings. The SMILES string of the molecule is CC1(C)c2ccccc2-c2c(-c3ccccc3N(c3ccc(-c4cccc5c4C(C)(C)c4ccccc4-5)cc3)c3cccc(-c4cccc5oc6c7ccccc7ccc6c45)c3)cccc21. The molecule has 0 N–H and O–H groups in total. The molecule has 66 heavy (non-hydrogen) atoms. The Morgan fingerprint density at radius 1 is 0.379 bits per heavy atom. The Morgan fingerprint density at radius 2 is 1.00 bits per heavy atom. The van der Waals surface area contributed by atoms with Crippen molar-refractivity contribution in [1.82, 2.24) is 0 Å². The molecule has 1 heterocycles. The molecule has 0 unspecified atom stereocenters. The molecular weight excluding hydrogens is 799 g/mol. The fourth-order valence-electron chi connectivity index (χ4n) is 11.8. The number of fused-ring (bicyclic) bond motifs is 11. The molecule has 0 amide bonds. The first kappa shape index (κ1) is 38.5. The van der Waals surface area contributed by atoms with Gasteiger partial charge in [0.25, 0.3) is 0 Å². The number of benzene rings is 10. The number of nitrogens with zero attached hydrogens (tertiary/aromatic N) is 1. The smallest absolute Gasteiger partial charge is 0.143 e. The second-order valence-electron chi connectivity index (χ2n) is 19.2. The van der Waals surface area contributed by atoms with Gasteiger partial charge in [-0.05, 0) is 120 Å². The molecule has 2 aliphatic rings. The van der Waals surface area contributed by atoms with Crippen molar-refractivity contribution in [1.29, 1.82) is 0 Å². The number of hydrogen-bond acceptors (Lipinski definition) is 2. The number of rotatable bonds is 6. The van der Waals surface area contributed by atoms with Gasteiger partial charge in [0.05, 0.1) is 5.69 Å². The maximum absolute atomic E-state index is 6.68. The van der Waals surface area contributed by atoms with E-state index in [4.69, 9.17) is 4.42 Å². The lowest BCUT2D eigenvalue weighted by Crippen LogP contribution is -2.16. The van der Waals surface area contributed by atoms with Crippen molar-refractivity contribution in [3.8, 4) is 55.6 Å². The lowest BCUT2D eigenvalue weighted by molar-refractivity contribution is 0.660. The summed E-state index contributed by atoms with van der Waals surface area (Å²) in [5.41, 5.74) is 22.9. The lowest BCUT2D eigenvalue weighted by atomic mass is 9.79. The van der Waals surface area contributed by atoms with Crippen LogP contribution in [0.2, 0.25) is 0 Å². The number of anilines is 3. The van der Waals surface area contributed by atoms with E-state index in [2.05, 4.69) is 245 Å². The molecule has 1 aromatic heterocycles. The van der Waals surface area contributed by atoms with Gasteiger partial charge in [0.15, 0.2) is 0 Å². The minimum absolute atomic E-state index is 0.112. The molecule has 2 heteroatoms. The second-order valence-corrected chi connectivity index (χ2v) is 19.2. The van der Waals surface area contributed by atoms with Crippen LogP contribution < -0.4 is 4.90 Å². The fourth-order valence-corrected chi connectivity index (χ4v) is 11.8. The van der Waals surface area contributed by atoms with Crippen molar-refractivity contribution in [2.75, 3.05) is 4.90 Å². The van der Waals surface area contributed by atoms with Crippen LogP contribution in [-0.2, 0) is 10.8 Å². The molecule has 314 valence electrons. The predicted octanol–water partition coefficient (Wildman–Crippen LogP) is 17.8. The van der Waals surface area contributed by atoms with E-state index >= 15 is 0 Å². The summed E-state index contributed by atoms with van der Waals surface area (Å²) in [6, 6.07) is 78.3. The summed E-state index contributed by atoms with van der Waals surface area (Å²) < 4.78 is 6.68. The number of furan rings is 1. The zero-order valence-electron chi connectivity index (χ0n) is 37.6. The van der Waals surface area contributed by atoms with E-state index in [1.807, 2.05) is 0 Å². The Balaban J connectivity index is 1.01. The molecule has 13 rings (SSSR count). The van der Waals surface area contributed by atoms with Crippen LogP contribution in [0.1, 0.15) is 49.9 Å². The monoisotopic (exact) mass is 845 g/mol. The highest BCUT2D eigenvalue weighted by molar-refractivity contribution is 6.19. The maximum Gasteiger partial charge on any atom is 0.143 e. The fraction of sp³-hybridized carbons (Fsp3) is 0.0938. The van der Waals surface area contributed by atoms with E-state index in [1.165, 1.54) is 72.1 Å². The van der Waals surface area contributed by atoms with Crippen molar-refractivity contribution in [2.45, 2.75) is 38.5 Å². The lowest BCUT2D eigenvalue weighted by Gasteiger charge is -2.29. The van der Waals surface area contributed by atoms with Gasteiger partial charge in [-0.2, -0.15) is 0 Å². The Morgan fingerprint density at radius 3 is 1.85 bits per heavy atom. The molecule has 0 saturated heterocycles.